The van der Waals surface area contributed by atoms with E-state index in [4.69, 9.17) is 9.98 Å². The van der Waals surface area contributed by atoms with Gasteiger partial charge in [0.1, 0.15) is 5.82 Å². The van der Waals surface area contributed by atoms with Gasteiger partial charge >= 0.3 is 0 Å². The number of unbranched alkanes of at least 4 members (excludes halogenated alkanes) is 1. The maximum atomic E-state index is 4.91. The number of benzene rings is 2. The largest absolute Gasteiger partial charge is 0.341 e. The van der Waals surface area contributed by atoms with Crippen LogP contribution in [0.5, 0.6) is 0 Å². The first-order chi connectivity index (χ1) is 20.2. The van der Waals surface area contributed by atoms with E-state index in [2.05, 4.69) is 99.9 Å². The van der Waals surface area contributed by atoms with Gasteiger partial charge in [-0.2, -0.15) is 0 Å². The van der Waals surface area contributed by atoms with E-state index in [1.165, 1.54) is 35.1 Å². The molecule has 2 aliphatic rings. The molecule has 2 aromatic heterocycles. The van der Waals surface area contributed by atoms with Crippen LogP contribution in [0.15, 0.2) is 95.7 Å². The van der Waals surface area contributed by atoms with Crippen LogP contribution < -0.4 is 5.32 Å². The Balaban J connectivity index is 1.14. The Hall–Kier alpha value is -3.87. The standard InChI is InChI=1S/C35H40N6/c1-2-3-8-26-14-15-30(38-22-26)23-36-21-27-9-6-10-28(19-27)24-41(25-35-39-33-12-4-5-13-34(33)40-35)31-16-17-32-29(20-31)11-7-18-37-32/h4-7,9-15,18-20,22,31-32,36H,2-3,8,16-17,21,23-25H2,1H3,(H,39,40). The van der Waals surface area contributed by atoms with Crippen LogP contribution in [0.25, 0.3) is 11.0 Å². The lowest BCUT2D eigenvalue weighted by molar-refractivity contribution is 0.188. The van der Waals surface area contributed by atoms with Crippen LogP contribution in [0.2, 0.25) is 0 Å². The predicted octanol–water partition coefficient (Wildman–Crippen LogP) is 6.69. The van der Waals surface area contributed by atoms with Crippen molar-refractivity contribution in [3.63, 3.8) is 0 Å². The van der Waals surface area contributed by atoms with E-state index in [1.54, 1.807) is 0 Å². The summed E-state index contributed by atoms with van der Waals surface area (Å²) in [5, 5.41) is 3.59. The van der Waals surface area contributed by atoms with Gasteiger partial charge in [0, 0.05) is 38.1 Å². The molecule has 0 radical (unpaired) electrons. The lowest BCUT2D eigenvalue weighted by Gasteiger charge is -2.34. The molecule has 0 amide bonds. The molecule has 2 atom stereocenters. The number of fused-ring (bicyclic) bond motifs is 2. The Kier molecular flexibility index (Phi) is 8.79. The second kappa shape index (κ2) is 13.2. The molecule has 6 rings (SSSR count). The third-order valence-electron chi connectivity index (χ3n) is 8.12. The molecule has 2 aromatic carbocycles. The SMILES string of the molecule is CCCCc1ccc(CNCc2cccc(CN(Cc3nc4ccccc4[nH]3)C3C=C4C=CC=NC4CC3)c2)nc1. The van der Waals surface area contributed by atoms with E-state index in [0.717, 1.165) is 68.0 Å². The van der Waals surface area contributed by atoms with Crippen LogP contribution in [0.1, 0.15) is 60.8 Å². The van der Waals surface area contributed by atoms with Gasteiger partial charge in [0.05, 0.1) is 29.3 Å². The number of para-hydroxylation sites is 2. The molecular weight excluding hydrogens is 504 g/mol. The number of aliphatic imine (C=N–C) groups is 1. The Morgan fingerprint density at radius 3 is 2.76 bits per heavy atom. The van der Waals surface area contributed by atoms with E-state index in [-0.39, 0.29) is 0 Å². The lowest BCUT2D eigenvalue weighted by atomic mass is 9.89. The van der Waals surface area contributed by atoms with Crippen molar-refractivity contribution < 1.29 is 0 Å². The fourth-order valence-electron chi connectivity index (χ4n) is 5.89. The highest BCUT2D eigenvalue weighted by Crippen LogP contribution is 2.29. The highest BCUT2D eigenvalue weighted by molar-refractivity contribution is 5.75. The number of aromatic amines is 1. The number of dihydropyridines is 1. The molecule has 0 spiro atoms. The zero-order chi connectivity index (χ0) is 27.9. The zero-order valence-electron chi connectivity index (χ0n) is 24.0. The molecule has 3 heterocycles. The van der Waals surface area contributed by atoms with Crippen molar-refractivity contribution in [3.05, 3.63) is 119 Å². The molecule has 1 aliphatic heterocycles. The van der Waals surface area contributed by atoms with Gasteiger partial charge < -0.3 is 10.3 Å². The van der Waals surface area contributed by atoms with Crippen molar-refractivity contribution >= 4 is 17.2 Å². The van der Waals surface area contributed by atoms with Gasteiger partial charge in [-0.1, -0.05) is 68.0 Å². The third kappa shape index (κ3) is 7.07. The topological polar surface area (TPSA) is 69.2 Å². The molecule has 1 aliphatic carbocycles. The number of nitrogens with one attached hydrogen (secondary N) is 2. The quantitative estimate of drug-likeness (QED) is 0.208. The second-order valence-electron chi connectivity index (χ2n) is 11.3. The van der Waals surface area contributed by atoms with E-state index >= 15 is 0 Å². The highest BCUT2D eigenvalue weighted by Gasteiger charge is 2.27. The first-order valence-corrected chi connectivity index (χ1v) is 15.0. The van der Waals surface area contributed by atoms with E-state index in [1.807, 2.05) is 18.5 Å². The minimum Gasteiger partial charge on any atom is -0.341 e. The molecule has 6 heteroatoms. The fraction of sp³-hybridized carbons (Fsp3) is 0.343. The van der Waals surface area contributed by atoms with Gasteiger partial charge in [0.15, 0.2) is 0 Å². The molecule has 4 aromatic rings. The summed E-state index contributed by atoms with van der Waals surface area (Å²) in [4.78, 5) is 20.4. The number of aromatic nitrogens is 3. The van der Waals surface area contributed by atoms with Crippen LogP contribution in [0.4, 0.5) is 0 Å². The molecule has 6 nitrogen and oxygen atoms in total. The van der Waals surface area contributed by atoms with Crippen molar-refractivity contribution in [1.29, 1.82) is 0 Å². The monoisotopic (exact) mass is 544 g/mol. The number of hydrogen-bond donors (Lipinski definition) is 2. The van der Waals surface area contributed by atoms with E-state index in [0.29, 0.717) is 12.1 Å². The number of aryl methyl sites for hydroxylation is 1. The number of hydrogen-bond acceptors (Lipinski definition) is 5. The second-order valence-corrected chi connectivity index (χ2v) is 11.3. The summed E-state index contributed by atoms with van der Waals surface area (Å²) < 4.78 is 0. The molecular formula is C35H40N6. The maximum absolute atomic E-state index is 4.91. The average Bonchev–Trinajstić information content (AvgIpc) is 3.43. The van der Waals surface area contributed by atoms with Crippen LogP contribution >= 0.6 is 0 Å². The Labute approximate surface area is 243 Å². The molecule has 0 fully saturated rings. The highest BCUT2D eigenvalue weighted by atomic mass is 15.2. The van der Waals surface area contributed by atoms with Crippen LogP contribution in [0, 0.1) is 0 Å². The van der Waals surface area contributed by atoms with Gasteiger partial charge in [-0.3, -0.25) is 14.9 Å². The normalized spacial score (nSPS) is 18.1. The summed E-state index contributed by atoms with van der Waals surface area (Å²) in [6, 6.07) is 22.3. The van der Waals surface area contributed by atoms with Gasteiger partial charge in [0.2, 0.25) is 0 Å². The van der Waals surface area contributed by atoms with Gasteiger partial charge in [-0.15, -0.1) is 0 Å². The average molecular weight is 545 g/mol. The first-order valence-electron chi connectivity index (χ1n) is 15.0. The molecule has 41 heavy (non-hydrogen) atoms. The van der Waals surface area contributed by atoms with Crippen molar-refractivity contribution in [1.82, 2.24) is 25.2 Å². The van der Waals surface area contributed by atoms with Crippen LogP contribution in [-0.4, -0.2) is 38.2 Å². The number of allylic oxidation sites excluding steroid dienone is 1. The van der Waals surface area contributed by atoms with E-state index < -0.39 is 0 Å². The Morgan fingerprint density at radius 1 is 0.951 bits per heavy atom. The Bertz CT molecular complexity index is 1500. The number of rotatable bonds is 12. The number of nitrogens with zero attached hydrogens (tertiary/aromatic N) is 4. The van der Waals surface area contributed by atoms with Gasteiger partial charge in [-0.05, 0) is 72.2 Å². The van der Waals surface area contributed by atoms with Crippen LogP contribution in [-0.2, 0) is 32.6 Å². The minimum absolute atomic E-state index is 0.306. The summed E-state index contributed by atoms with van der Waals surface area (Å²) in [5.41, 5.74) is 8.46. The van der Waals surface area contributed by atoms with Crippen molar-refractivity contribution in [2.75, 3.05) is 0 Å². The van der Waals surface area contributed by atoms with E-state index in [9.17, 15) is 0 Å². The zero-order valence-corrected chi connectivity index (χ0v) is 24.0. The fourth-order valence-corrected chi connectivity index (χ4v) is 5.89. The first kappa shape index (κ1) is 27.3. The molecule has 0 saturated carbocycles. The molecule has 0 saturated heterocycles. The maximum Gasteiger partial charge on any atom is 0.121 e. The van der Waals surface area contributed by atoms with Crippen molar-refractivity contribution in [2.45, 2.75) is 77.3 Å². The summed E-state index contributed by atoms with van der Waals surface area (Å²) in [5.74, 6) is 1.01. The summed E-state index contributed by atoms with van der Waals surface area (Å²) in [6.45, 7) is 5.43. The van der Waals surface area contributed by atoms with Crippen LogP contribution in [0.3, 0.4) is 0 Å². The van der Waals surface area contributed by atoms with Gasteiger partial charge in [-0.25, -0.2) is 4.98 Å². The predicted molar refractivity (Wildman–Crippen MR) is 168 cm³/mol. The summed E-state index contributed by atoms with van der Waals surface area (Å²) in [6.07, 6.45) is 16.4. The molecule has 210 valence electrons. The number of pyridine rings is 1. The van der Waals surface area contributed by atoms with Crippen molar-refractivity contribution in [3.8, 4) is 0 Å². The number of H-pyrrole nitrogens is 1. The van der Waals surface area contributed by atoms with Gasteiger partial charge in [0.25, 0.3) is 0 Å². The third-order valence-corrected chi connectivity index (χ3v) is 8.12. The molecule has 2 unspecified atom stereocenters. The Morgan fingerprint density at radius 2 is 1.88 bits per heavy atom. The molecule has 0 bridgehead atoms. The summed E-state index contributed by atoms with van der Waals surface area (Å²) >= 11 is 0. The molecule has 2 N–H and O–H groups in total. The smallest absolute Gasteiger partial charge is 0.121 e. The number of imidazole rings is 1. The minimum atomic E-state index is 0.306. The van der Waals surface area contributed by atoms with Crippen molar-refractivity contribution in [2.24, 2.45) is 4.99 Å². The summed E-state index contributed by atoms with van der Waals surface area (Å²) in [7, 11) is 0. The lowest BCUT2D eigenvalue weighted by Crippen LogP contribution is -2.37.